The van der Waals surface area contributed by atoms with Gasteiger partial charge >= 0.3 is 0 Å². The van der Waals surface area contributed by atoms with Gasteiger partial charge in [0.25, 0.3) is 0 Å². The van der Waals surface area contributed by atoms with E-state index in [0.717, 1.165) is 29.2 Å². The summed E-state index contributed by atoms with van der Waals surface area (Å²) >= 11 is 1.88. The van der Waals surface area contributed by atoms with Crippen molar-refractivity contribution in [2.24, 2.45) is 0 Å². The zero-order valence-electron chi connectivity index (χ0n) is 49.4. The van der Waals surface area contributed by atoms with Crippen LogP contribution in [0.3, 0.4) is 0 Å². The van der Waals surface area contributed by atoms with Gasteiger partial charge in [0.05, 0.1) is 13.7 Å². The number of anilines is 6. The van der Waals surface area contributed by atoms with E-state index in [1.165, 1.54) is 72.3 Å². The second kappa shape index (κ2) is 24.3. The third-order valence-corrected chi connectivity index (χ3v) is 12.1. The smallest absolute Gasteiger partial charge is 0.123 e. The van der Waals surface area contributed by atoms with E-state index in [2.05, 4.69) is 170 Å². The van der Waals surface area contributed by atoms with Crippen LogP contribution in [0.25, 0.3) is 31.3 Å². The number of nitrogens with one attached hydrogen (secondary N) is 3. The Labute approximate surface area is 435 Å². The van der Waals surface area contributed by atoms with E-state index < -0.39 is 60.4 Å². The van der Waals surface area contributed by atoms with E-state index in [1.807, 2.05) is 29.5 Å². The van der Waals surface area contributed by atoms with Gasteiger partial charge in [0.2, 0.25) is 0 Å². The molecule has 0 saturated carbocycles. The van der Waals surface area contributed by atoms with E-state index in [9.17, 15) is 8.78 Å². The summed E-state index contributed by atoms with van der Waals surface area (Å²) in [7, 11) is 0. The molecule has 10 aromatic carbocycles. The zero-order valence-corrected chi connectivity index (χ0v) is 40.2. The first-order chi connectivity index (χ1) is 38.7. The Kier molecular flexibility index (Phi) is 12.9. The maximum Gasteiger partial charge on any atom is 0.123 e. The maximum atomic E-state index is 12.6. The van der Waals surface area contributed by atoms with Crippen molar-refractivity contribution in [3.63, 3.8) is 0 Å². The summed E-state index contributed by atoms with van der Waals surface area (Å²) < 4.78 is 104. The first-order valence-electron chi connectivity index (χ1n) is 27.9. The van der Waals surface area contributed by atoms with Gasteiger partial charge in [-0.25, -0.2) is 8.78 Å². The fraction of sp³-hybridized carbons (Fsp3) is 0.0769. The van der Waals surface area contributed by atoms with Crippen LogP contribution in [-0.4, -0.2) is 0 Å². The van der Waals surface area contributed by atoms with Crippen LogP contribution in [0.2, 0.25) is 0 Å². The normalized spacial score (nSPS) is 12.6. The van der Waals surface area contributed by atoms with Gasteiger partial charge in [-0.15, -0.1) is 11.3 Å². The number of fused-ring (bicyclic) bond motifs is 3. The van der Waals surface area contributed by atoms with Crippen molar-refractivity contribution in [2.75, 3.05) is 16.0 Å². The second-order valence-electron chi connectivity index (χ2n) is 17.3. The molecule has 0 aliphatic rings. The molecule has 352 valence electrons. The third-order valence-electron chi connectivity index (χ3n) is 11.0. The van der Waals surface area contributed by atoms with Gasteiger partial charge in [-0.1, -0.05) is 172 Å². The Balaban J connectivity index is 0.000000145. The number of thiophene rings is 1. The molecule has 0 radical (unpaired) electrons. The van der Waals surface area contributed by atoms with Crippen LogP contribution >= 0.6 is 11.3 Å². The average molecular weight is 960 g/mol. The summed E-state index contributed by atoms with van der Waals surface area (Å²) in [6.07, 6.45) is 0.983. The van der Waals surface area contributed by atoms with Gasteiger partial charge in [-0.2, -0.15) is 0 Å². The lowest BCUT2D eigenvalue weighted by Gasteiger charge is -2.19. The highest BCUT2D eigenvalue weighted by Gasteiger charge is 2.13. The van der Waals surface area contributed by atoms with Crippen LogP contribution in [0.15, 0.2) is 261 Å². The van der Waals surface area contributed by atoms with Crippen molar-refractivity contribution in [3.8, 4) is 11.1 Å². The molecule has 1 heterocycles. The fourth-order valence-electron chi connectivity index (χ4n) is 7.28. The Hall–Kier alpha value is -8.32. The van der Waals surface area contributed by atoms with Crippen molar-refractivity contribution in [3.05, 3.63) is 289 Å². The maximum absolute atomic E-state index is 12.6. The molecule has 3 N–H and O–H groups in total. The van der Waals surface area contributed by atoms with Gasteiger partial charge in [0, 0.05) is 54.3 Å². The van der Waals surface area contributed by atoms with E-state index >= 15 is 0 Å². The van der Waals surface area contributed by atoms with Gasteiger partial charge in [-0.3, -0.25) is 0 Å². The van der Waals surface area contributed by atoms with Crippen LogP contribution < -0.4 is 16.0 Å². The molecule has 0 aliphatic carbocycles. The number of hydrogen-bond donors (Lipinski definition) is 3. The highest BCUT2D eigenvalue weighted by molar-refractivity contribution is 7.25. The van der Waals surface area contributed by atoms with Crippen molar-refractivity contribution in [2.45, 2.75) is 32.6 Å². The summed E-state index contributed by atoms with van der Waals surface area (Å²) in [6.45, 7) is 6.69. The molecule has 6 heteroatoms. The number of hydrogen-bond acceptors (Lipinski definition) is 4. The van der Waals surface area contributed by atoms with Crippen molar-refractivity contribution in [1.82, 2.24) is 0 Å². The zero-order chi connectivity index (χ0) is 58.0. The van der Waals surface area contributed by atoms with E-state index in [0.29, 0.717) is 0 Å². The summed E-state index contributed by atoms with van der Waals surface area (Å²) in [6, 6.07) is 60.2. The highest BCUT2D eigenvalue weighted by atomic mass is 32.1. The molecule has 3 nitrogen and oxygen atoms in total. The molecule has 11 rings (SSSR count). The molecule has 0 saturated heterocycles. The first-order valence-corrected chi connectivity index (χ1v) is 23.7. The van der Waals surface area contributed by atoms with E-state index in [-0.39, 0.29) is 28.4 Å². The number of para-hydroxylation sites is 3. The molecular formula is C65H57F2N3S. The van der Waals surface area contributed by atoms with Crippen molar-refractivity contribution < 1.29 is 22.5 Å². The Morgan fingerprint density at radius 1 is 0.394 bits per heavy atom. The number of rotatable bonds is 9. The predicted molar refractivity (Wildman–Crippen MR) is 301 cm³/mol. The van der Waals surface area contributed by atoms with Crippen molar-refractivity contribution >= 4 is 65.6 Å². The topological polar surface area (TPSA) is 36.1 Å². The van der Waals surface area contributed by atoms with Crippen LogP contribution in [-0.2, 0) is 11.8 Å². The van der Waals surface area contributed by atoms with E-state index in [4.69, 9.17) is 13.7 Å². The molecule has 0 atom stereocenters. The Morgan fingerprint density at radius 2 is 0.817 bits per heavy atom. The third kappa shape index (κ3) is 14.8. The van der Waals surface area contributed by atoms with Crippen LogP contribution in [0, 0.1) is 11.6 Å². The summed E-state index contributed by atoms with van der Waals surface area (Å²) in [5, 5.41) is 11.5. The molecular weight excluding hydrogens is 893 g/mol. The van der Waals surface area contributed by atoms with Crippen LogP contribution in [0.5, 0.6) is 0 Å². The standard InChI is InChI=1S/C25H18S.C16H19N.C12H9F2N.C12H11N/c1-2-6-18(7-3-1)16-19-10-12-20(13-11-19)21-14-15-23-22-8-4-5-9-24(22)26-25(23)17-21;1-16(2,3)13-9-11-15(12-10-13)17-14-7-5-4-6-8-14;13-9-1-5-11(6-2-9)15-12-7-3-10(14)4-8-12;1-3-7-11(8-4-1)13-12-9-5-2-6-10-12/h1-15,17H,16H2;4-12,17H,1-3H3;1-8,15H;1-10,13H/i;;;1D,2D,3D,4D,5D,6D,7D,8D,9D,10D. The quantitative estimate of drug-likeness (QED) is 0.135. The van der Waals surface area contributed by atoms with Crippen molar-refractivity contribution in [1.29, 1.82) is 0 Å². The van der Waals surface area contributed by atoms with Crippen LogP contribution in [0.4, 0.5) is 42.9 Å². The molecule has 0 amide bonds. The average Bonchev–Trinajstić information content (AvgIpc) is 4.06. The van der Waals surface area contributed by atoms with Gasteiger partial charge < -0.3 is 16.0 Å². The lowest BCUT2D eigenvalue weighted by Crippen LogP contribution is -2.10. The first kappa shape index (κ1) is 37.6. The largest absolute Gasteiger partial charge is 0.356 e. The Bertz CT molecular complexity index is 3750. The molecule has 11 aromatic rings. The molecule has 0 spiro atoms. The summed E-state index contributed by atoms with van der Waals surface area (Å²) in [4.78, 5) is 0. The molecule has 0 unspecified atom stereocenters. The molecule has 0 fully saturated rings. The monoisotopic (exact) mass is 959 g/mol. The predicted octanol–water partition coefficient (Wildman–Crippen LogP) is 19.2. The lowest BCUT2D eigenvalue weighted by atomic mass is 9.87. The molecule has 0 aliphatic heterocycles. The SMILES string of the molecule is CC(C)(C)c1ccc(Nc2ccccc2)cc1.Fc1ccc(Nc2ccc(F)cc2)cc1.[2H]c1c([2H])c([2H])c(Nc2c([2H])c([2H])c([2H])c([2H])c2[2H])c([2H])c1[2H].c1ccc(Cc2ccc(-c3ccc4c(c3)sc3ccccc34)cc2)cc1. The minimum atomic E-state index is -0.583. The summed E-state index contributed by atoms with van der Waals surface area (Å²) in [5.41, 5.74) is 9.92. The minimum Gasteiger partial charge on any atom is -0.356 e. The molecule has 71 heavy (non-hydrogen) atoms. The number of benzene rings is 10. The minimum absolute atomic E-state index is 0.214. The van der Waals surface area contributed by atoms with E-state index in [1.54, 1.807) is 24.3 Å². The van der Waals surface area contributed by atoms with Crippen LogP contribution in [0.1, 0.15) is 51.2 Å². The second-order valence-corrected chi connectivity index (χ2v) is 18.3. The highest BCUT2D eigenvalue weighted by Crippen LogP contribution is 2.36. The van der Waals surface area contributed by atoms with Gasteiger partial charge in [0.1, 0.15) is 11.6 Å². The summed E-state index contributed by atoms with van der Waals surface area (Å²) in [5.74, 6) is -0.556. The van der Waals surface area contributed by atoms with Gasteiger partial charge in [-0.05, 0) is 149 Å². The molecule has 0 bridgehead atoms. The fourth-order valence-corrected chi connectivity index (χ4v) is 8.42. The lowest BCUT2D eigenvalue weighted by molar-refractivity contribution is 0.590. The van der Waals surface area contributed by atoms with Gasteiger partial charge in [0.15, 0.2) is 0 Å². The Morgan fingerprint density at radius 3 is 1.35 bits per heavy atom. The number of halogens is 2. The molecule has 1 aromatic heterocycles.